The summed E-state index contributed by atoms with van der Waals surface area (Å²) < 4.78 is 16.0. The van der Waals surface area contributed by atoms with Crippen LogP contribution in [0, 0.1) is 0 Å². The van der Waals surface area contributed by atoms with E-state index in [1.54, 1.807) is 36.4 Å². The van der Waals surface area contributed by atoms with Crippen LogP contribution in [-0.2, 0) is 14.2 Å². The Hall–Kier alpha value is -2.78. The molecular weight excluding hydrogens is 380 g/mol. The third-order valence-corrected chi connectivity index (χ3v) is 4.80. The van der Waals surface area contributed by atoms with E-state index in [1.165, 1.54) is 31.4 Å². The Morgan fingerprint density at radius 2 is 1.07 bits per heavy atom. The van der Waals surface area contributed by atoms with Gasteiger partial charge >= 0.3 is 11.9 Å². The fourth-order valence-corrected chi connectivity index (χ4v) is 3.24. The van der Waals surface area contributed by atoms with Crippen molar-refractivity contribution in [1.82, 2.24) is 0 Å². The van der Waals surface area contributed by atoms with Gasteiger partial charge in [-0.1, -0.05) is 36.4 Å². The first-order valence-corrected chi connectivity index (χ1v) is 9.03. The number of esters is 2. The number of carbonyl (C=O) groups excluding carboxylic acids is 2. The molecule has 3 N–H and O–H groups in total. The SMILES string of the molecule is CO[C@@H]1[C@@H](O)[C@@H](O)[C@H](O)[C@H](OC(=O)c2ccccc2)[C@H]1OC(=O)c1ccccc1. The van der Waals surface area contributed by atoms with Crippen molar-refractivity contribution in [3.63, 3.8) is 0 Å². The quantitative estimate of drug-likeness (QED) is 0.620. The van der Waals surface area contributed by atoms with Crippen molar-refractivity contribution in [3.8, 4) is 0 Å². The minimum absolute atomic E-state index is 0.211. The highest BCUT2D eigenvalue weighted by atomic mass is 16.6. The average molecular weight is 402 g/mol. The highest BCUT2D eigenvalue weighted by Crippen LogP contribution is 2.29. The van der Waals surface area contributed by atoms with E-state index in [-0.39, 0.29) is 11.1 Å². The minimum Gasteiger partial charge on any atom is -0.452 e. The van der Waals surface area contributed by atoms with Gasteiger partial charge in [-0.05, 0) is 24.3 Å². The van der Waals surface area contributed by atoms with Crippen LogP contribution in [-0.4, -0.2) is 71.0 Å². The summed E-state index contributed by atoms with van der Waals surface area (Å²) in [7, 11) is 1.25. The van der Waals surface area contributed by atoms with E-state index in [2.05, 4.69) is 0 Å². The Balaban J connectivity index is 1.88. The summed E-state index contributed by atoms with van der Waals surface area (Å²) in [5.74, 6) is -1.54. The molecule has 0 spiro atoms. The lowest BCUT2D eigenvalue weighted by atomic mass is 9.84. The Bertz CT molecular complexity index is 825. The van der Waals surface area contributed by atoms with Crippen LogP contribution in [0.15, 0.2) is 60.7 Å². The van der Waals surface area contributed by atoms with E-state index in [0.717, 1.165) is 0 Å². The molecule has 0 radical (unpaired) electrons. The summed E-state index contributed by atoms with van der Waals surface area (Å²) in [6, 6.07) is 16.1. The van der Waals surface area contributed by atoms with Crippen molar-refractivity contribution in [2.45, 2.75) is 36.6 Å². The number of aliphatic hydroxyl groups is 3. The van der Waals surface area contributed by atoms with Gasteiger partial charge in [-0.15, -0.1) is 0 Å². The number of ether oxygens (including phenoxy) is 3. The fraction of sp³-hybridized carbons (Fsp3) is 0.333. The van der Waals surface area contributed by atoms with E-state index in [9.17, 15) is 24.9 Å². The van der Waals surface area contributed by atoms with Crippen LogP contribution in [0.5, 0.6) is 0 Å². The number of rotatable bonds is 5. The summed E-state index contributed by atoms with van der Waals surface area (Å²) >= 11 is 0. The van der Waals surface area contributed by atoms with Crippen molar-refractivity contribution in [2.24, 2.45) is 0 Å². The molecule has 29 heavy (non-hydrogen) atoms. The first-order valence-electron chi connectivity index (χ1n) is 9.03. The summed E-state index contributed by atoms with van der Waals surface area (Å²) in [6.07, 6.45) is -8.96. The van der Waals surface area contributed by atoms with Crippen LogP contribution < -0.4 is 0 Å². The lowest BCUT2D eigenvalue weighted by molar-refractivity contribution is -0.229. The molecule has 8 nitrogen and oxygen atoms in total. The average Bonchev–Trinajstić information content (AvgIpc) is 2.76. The summed E-state index contributed by atoms with van der Waals surface area (Å²) in [5.41, 5.74) is 0.438. The normalized spacial score (nSPS) is 29.1. The van der Waals surface area contributed by atoms with E-state index >= 15 is 0 Å². The molecule has 0 unspecified atom stereocenters. The molecule has 2 aromatic rings. The molecule has 154 valence electrons. The third-order valence-electron chi connectivity index (χ3n) is 4.80. The molecule has 1 aliphatic rings. The Morgan fingerprint density at radius 1 is 0.655 bits per heavy atom. The van der Waals surface area contributed by atoms with Crippen LogP contribution in [0.2, 0.25) is 0 Å². The van der Waals surface area contributed by atoms with Gasteiger partial charge in [-0.2, -0.15) is 0 Å². The molecule has 0 bridgehead atoms. The summed E-state index contributed by atoms with van der Waals surface area (Å²) in [5, 5.41) is 30.9. The minimum atomic E-state index is -1.70. The summed E-state index contributed by atoms with van der Waals surface area (Å²) in [4.78, 5) is 25.0. The van der Waals surface area contributed by atoms with Gasteiger partial charge in [0.15, 0.2) is 12.2 Å². The summed E-state index contributed by atoms with van der Waals surface area (Å²) in [6.45, 7) is 0. The largest absolute Gasteiger partial charge is 0.452 e. The zero-order valence-corrected chi connectivity index (χ0v) is 15.6. The molecule has 0 aliphatic heterocycles. The Morgan fingerprint density at radius 3 is 1.52 bits per heavy atom. The van der Waals surface area contributed by atoms with Crippen molar-refractivity contribution in [3.05, 3.63) is 71.8 Å². The second-order valence-electron chi connectivity index (χ2n) is 6.64. The Labute approximate surface area is 167 Å². The lowest BCUT2D eigenvalue weighted by Crippen LogP contribution is -2.66. The van der Waals surface area contributed by atoms with E-state index in [1.807, 2.05) is 0 Å². The lowest BCUT2D eigenvalue weighted by Gasteiger charge is -2.44. The molecule has 0 saturated heterocycles. The molecule has 0 heterocycles. The number of carbonyl (C=O) groups is 2. The standard InChI is InChI=1S/C21H22O8/c1-27-17-15(23)14(22)16(24)18(28-20(25)12-8-4-2-5-9-12)19(17)29-21(26)13-10-6-3-7-11-13/h2-11,14-19,22-24H,1H3/t14-,15+,16+,17-,18+,19+/m1/s1. The number of methoxy groups -OCH3 is 1. The molecule has 2 aromatic carbocycles. The highest BCUT2D eigenvalue weighted by molar-refractivity contribution is 5.90. The smallest absolute Gasteiger partial charge is 0.338 e. The maximum Gasteiger partial charge on any atom is 0.338 e. The van der Waals surface area contributed by atoms with Crippen molar-refractivity contribution >= 4 is 11.9 Å². The van der Waals surface area contributed by atoms with Gasteiger partial charge in [0.1, 0.15) is 24.4 Å². The fourth-order valence-electron chi connectivity index (χ4n) is 3.24. The number of hydrogen-bond acceptors (Lipinski definition) is 8. The van der Waals surface area contributed by atoms with Crippen LogP contribution in [0.4, 0.5) is 0 Å². The first kappa shape index (κ1) is 20.9. The molecule has 8 heteroatoms. The first-order chi connectivity index (χ1) is 13.9. The zero-order chi connectivity index (χ0) is 21.0. The van der Waals surface area contributed by atoms with Gasteiger partial charge in [0.2, 0.25) is 0 Å². The van der Waals surface area contributed by atoms with Crippen LogP contribution in [0.3, 0.4) is 0 Å². The van der Waals surface area contributed by atoms with Crippen molar-refractivity contribution in [2.75, 3.05) is 7.11 Å². The molecule has 0 amide bonds. The van der Waals surface area contributed by atoms with Crippen LogP contribution in [0.25, 0.3) is 0 Å². The monoisotopic (exact) mass is 402 g/mol. The highest BCUT2D eigenvalue weighted by Gasteiger charge is 2.53. The number of aliphatic hydroxyl groups excluding tert-OH is 3. The van der Waals surface area contributed by atoms with Gasteiger partial charge in [0.05, 0.1) is 11.1 Å². The topological polar surface area (TPSA) is 123 Å². The maximum atomic E-state index is 12.5. The maximum absolute atomic E-state index is 12.5. The molecule has 1 fully saturated rings. The Kier molecular flexibility index (Phi) is 6.60. The number of hydrogen-bond donors (Lipinski definition) is 3. The molecule has 1 aliphatic carbocycles. The molecule has 1 saturated carbocycles. The van der Waals surface area contributed by atoms with E-state index in [0.29, 0.717) is 0 Å². The predicted octanol–water partition coefficient (Wildman–Crippen LogP) is 0.549. The number of benzene rings is 2. The second-order valence-corrected chi connectivity index (χ2v) is 6.64. The third kappa shape index (κ3) is 4.46. The molecule has 3 rings (SSSR count). The van der Waals surface area contributed by atoms with Gasteiger partial charge in [0, 0.05) is 7.11 Å². The molecular formula is C21H22O8. The van der Waals surface area contributed by atoms with Gasteiger partial charge in [-0.25, -0.2) is 9.59 Å². The molecule has 6 atom stereocenters. The zero-order valence-electron chi connectivity index (χ0n) is 15.6. The van der Waals surface area contributed by atoms with Crippen LogP contribution in [0.1, 0.15) is 20.7 Å². The van der Waals surface area contributed by atoms with E-state index < -0.39 is 48.6 Å². The van der Waals surface area contributed by atoms with Crippen molar-refractivity contribution in [1.29, 1.82) is 0 Å². The van der Waals surface area contributed by atoms with Gasteiger partial charge in [-0.3, -0.25) is 0 Å². The van der Waals surface area contributed by atoms with Gasteiger partial charge < -0.3 is 29.5 Å². The van der Waals surface area contributed by atoms with Crippen LogP contribution >= 0.6 is 0 Å². The van der Waals surface area contributed by atoms with E-state index in [4.69, 9.17) is 14.2 Å². The second kappa shape index (κ2) is 9.15. The predicted molar refractivity (Wildman–Crippen MR) is 100 cm³/mol. The van der Waals surface area contributed by atoms with Crippen molar-refractivity contribution < 1.29 is 39.1 Å². The van der Waals surface area contributed by atoms with Gasteiger partial charge in [0.25, 0.3) is 0 Å². The molecule has 0 aromatic heterocycles.